The summed E-state index contributed by atoms with van der Waals surface area (Å²) in [5, 5.41) is 3.89. The van der Waals surface area contributed by atoms with Gasteiger partial charge in [-0.05, 0) is 29.8 Å². The van der Waals surface area contributed by atoms with Gasteiger partial charge in [0.2, 0.25) is 0 Å². The fourth-order valence-electron chi connectivity index (χ4n) is 2.34. The Kier molecular flexibility index (Phi) is 6.54. The van der Waals surface area contributed by atoms with Gasteiger partial charge in [-0.15, -0.1) is 0 Å². The number of carbonyl (C=O) groups excluding carboxylic acids is 2. The lowest BCUT2D eigenvalue weighted by Gasteiger charge is -2.23. The molecule has 0 aliphatic rings. The molecular weight excluding hydrogens is 320 g/mol. The molecule has 2 aromatic rings. The fourth-order valence-corrected chi connectivity index (χ4v) is 2.34. The fraction of sp³-hybridized carbons (Fsp3) is 0.263. The second kappa shape index (κ2) is 8.84. The summed E-state index contributed by atoms with van der Waals surface area (Å²) in [6.07, 6.45) is 0.342. The first-order valence-electron chi connectivity index (χ1n) is 7.85. The summed E-state index contributed by atoms with van der Waals surface area (Å²) in [5.74, 6) is 0.0912. The quantitative estimate of drug-likeness (QED) is 0.782. The Hall–Kier alpha value is -2.86. The topological polar surface area (TPSA) is 67.9 Å². The van der Waals surface area contributed by atoms with Crippen molar-refractivity contribution in [3.63, 3.8) is 0 Å². The van der Waals surface area contributed by atoms with Gasteiger partial charge < -0.3 is 10.1 Å². The van der Waals surface area contributed by atoms with Gasteiger partial charge in [-0.3, -0.25) is 14.4 Å². The molecule has 0 fully saturated rings. The lowest BCUT2D eigenvalue weighted by atomic mass is 10.0. The van der Waals surface area contributed by atoms with Crippen LogP contribution >= 0.6 is 0 Å². The van der Waals surface area contributed by atoms with E-state index in [4.69, 9.17) is 9.57 Å². The number of rotatable bonds is 7. The third-order valence-electron chi connectivity index (χ3n) is 3.82. The minimum atomic E-state index is -0.744. The molecule has 132 valence electrons. The third kappa shape index (κ3) is 5.06. The Bertz CT molecular complexity index is 701. The van der Waals surface area contributed by atoms with Crippen LogP contribution in [0, 0.1) is 0 Å². The van der Waals surface area contributed by atoms with Gasteiger partial charge in [0.25, 0.3) is 11.8 Å². The van der Waals surface area contributed by atoms with Crippen LogP contribution in [0.5, 0.6) is 5.75 Å². The summed E-state index contributed by atoms with van der Waals surface area (Å²) < 4.78 is 5.13. The van der Waals surface area contributed by atoms with Crippen LogP contribution in [0.15, 0.2) is 54.6 Å². The molecule has 1 N–H and O–H groups in total. The van der Waals surface area contributed by atoms with E-state index >= 15 is 0 Å². The SMILES string of the molecule is COc1ccc(C[C@@H](NC(=O)c2ccccc2)C(=O)N(C)OC)cc1. The minimum absolute atomic E-state index is 0.308. The number of hydrogen-bond acceptors (Lipinski definition) is 4. The Balaban J connectivity index is 2.17. The minimum Gasteiger partial charge on any atom is -0.497 e. The van der Waals surface area contributed by atoms with E-state index in [9.17, 15) is 9.59 Å². The normalized spacial score (nSPS) is 11.5. The van der Waals surface area contributed by atoms with E-state index in [0.29, 0.717) is 12.0 Å². The molecule has 0 saturated heterocycles. The van der Waals surface area contributed by atoms with E-state index in [1.54, 1.807) is 31.4 Å². The van der Waals surface area contributed by atoms with Gasteiger partial charge in [0, 0.05) is 19.0 Å². The summed E-state index contributed by atoms with van der Waals surface area (Å²) in [4.78, 5) is 29.9. The highest BCUT2D eigenvalue weighted by atomic mass is 16.7. The highest BCUT2D eigenvalue weighted by Gasteiger charge is 2.25. The van der Waals surface area contributed by atoms with Crippen LogP contribution in [-0.2, 0) is 16.1 Å². The second-order valence-electron chi connectivity index (χ2n) is 5.46. The maximum absolute atomic E-state index is 12.5. The van der Waals surface area contributed by atoms with Crippen molar-refractivity contribution in [2.45, 2.75) is 12.5 Å². The van der Waals surface area contributed by atoms with Crippen LogP contribution in [0.1, 0.15) is 15.9 Å². The number of ether oxygens (including phenoxy) is 1. The summed E-state index contributed by atoms with van der Waals surface area (Å²) in [6.45, 7) is 0. The Labute approximate surface area is 147 Å². The Morgan fingerprint density at radius 3 is 2.24 bits per heavy atom. The highest BCUT2D eigenvalue weighted by Crippen LogP contribution is 2.14. The van der Waals surface area contributed by atoms with Crippen LogP contribution in [0.3, 0.4) is 0 Å². The molecule has 0 unspecified atom stereocenters. The summed E-state index contributed by atoms with van der Waals surface area (Å²) in [5.41, 5.74) is 1.40. The van der Waals surface area contributed by atoms with E-state index in [1.807, 2.05) is 30.3 Å². The number of hydrogen-bond donors (Lipinski definition) is 1. The molecule has 2 aromatic carbocycles. The zero-order chi connectivity index (χ0) is 18.2. The summed E-state index contributed by atoms with van der Waals surface area (Å²) in [7, 11) is 4.51. The first-order chi connectivity index (χ1) is 12.0. The van der Waals surface area contributed by atoms with Crippen molar-refractivity contribution in [3.05, 3.63) is 65.7 Å². The number of benzene rings is 2. The maximum atomic E-state index is 12.5. The number of hydroxylamine groups is 2. The monoisotopic (exact) mass is 342 g/mol. The lowest BCUT2D eigenvalue weighted by molar-refractivity contribution is -0.170. The average Bonchev–Trinajstić information content (AvgIpc) is 2.67. The highest BCUT2D eigenvalue weighted by molar-refractivity contribution is 5.97. The predicted octanol–water partition coefficient (Wildman–Crippen LogP) is 2.06. The van der Waals surface area contributed by atoms with Crippen LogP contribution in [-0.4, -0.2) is 44.2 Å². The van der Waals surface area contributed by atoms with Crippen LogP contribution < -0.4 is 10.1 Å². The van der Waals surface area contributed by atoms with Crippen molar-refractivity contribution in [2.24, 2.45) is 0 Å². The number of likely N-dealkylation sites (N-methyl/N-ethyl adjacent to an activating group) is 1. The first-order valence-corrected chi connectivity index (χ1v) is 7.85. The van der Waals surface area contributed by atoms with Gasteiger partial charge in [-0.25, -0.2) is 5.06 Å². The average molecular weight is 342 g/mol. The smallest absolute Gasteiger partial charge is 0.268 e. The molecule has 0 aliphatic heterocycles. The molecule has 6 nitrogen and oxygen atoms in total. The largest absolute Gasteiger partial charge is 0.497 e. The molecule has 6 heteroatoms. The van der Waals surface area contributed by atoms with Crippen molar-refractivity contribution in [1.82, 2.24) is 10.4 Å². The van der Waals surface area contributed by atoms with E-state index in [1.165, 1.54) is 14.2 Å². The van der Waals surface area contributed by atoms with Crippen molar-refractivity contribution in [3.8, 4) is 5.75 Å². The molecule has 0 saturated carbocycles. The van der Waals surface area contributed by atoms with E-state index in [0.717, 1.165) is 16.4 Å². The van der Waals surface area contributed by atoms with E-state index < -0.39 is 6.04 Å². The molecule has 25 heavy (non-hydrogen) atoms. The zero-order valence-electron chi connectivity index (χ0n) is 14.6. The van der Waals surface area contributed by atoms with E-state index in [2.05, 4.69) is 5.32 Å². The van der Waals surface area contributed by atoms with E-state index in [-0.39, 0.29) is 11.8 Å². The van der Waals surface area contributed by atoms with Gasteiger partial charge in [-0.1, -0.05) is 30.3 Å². The van der Waals surface area contributed by atoms with Crippen molar-refractivity contribution < 1.29 is 19.2 Å². The molecular formula is C19H22N2O4. The first kappa shape index (κ1) is 18.5. The van der Waals surface area contributed by atoms with Gasteiger partial charge in [0.05, 0.1) is 14.2 Å². The molecule has 1 atom stereocenters. The van der Waals surface area contributed by atoms with Gasteiger partial charge in [0.1, 0.15) is 11.8 Å². The van der Waals surface area contributed by atoms with Crippen LogP contribution in [0.2, 0.25) is 0 Å². The molecule has 0 heterocycles. The van der Waals surface area contributed by atoms with Crippen molar-refractivity contribution in [1.29, 1.82) is 0 Å². The van der Waals surface area contributed by atoms with Crippen LogP contribution in [0.4, 0.5) is 0 Å². The maximum Gasteiger partial charge on any atom is 0.268 e. The summed E-state index contributed by atoms with van der Waals surface area (Å²) in [6, 6.07) is 15.4. The predicted molar refractivity (Wildman–Crippen MR) is 94.2 cm³/mol. The second-order valence-corrected chi connectivity index (χ2v) is 5.46. The van der Waals surface area contributed by atoms with Gasteiger partial charge in [0.15, 0.2) is 0 Å². The van der Waals surface area contributed by atoms with Crippen molar-refractivity contribution in [2.75, 3.05) is 21.3 Å². The molecule has 2 amide bonds. The zero-order valence-corrected chi connectivity index (χ0v) is 14.6. The molecule has 0 radical (unpaired) electrons. The van der Waals surface area contributed by atoms with Gasteiger partial charge in [-0.2, -0.15) is 0 Å². The third-order valence-corrected chi connectivity index (χ3v) is 3.82. The van der Waals surface area contributed by atoms with Gasteiger partial charge >= 0.3 is 0 Å². The Morgan fingerprint density at radius 2 is 1.68 bits per heavy atom. The lowest BCUT2D eigenvalue weighted by Crippen LogP contribution is -2.48. The standard InChI is InChI=1S/C19H22N2O4/c1-21(25-3)19(23)17(13-14-9-11-16(24-2)12-10-14)20-18(22)15-7-5-4-6-8-15/h4-12,17H,13H2,1-3H3,(H,20,22)/t17-/m1/s1. The molecule has 2 rings (SSSR count). The number of carbonyl (C=O) groups is 2. The molecule has 0 aliphatic carbocycles. The number of nitrogens with zero attached hydrogens (tertiary/aromatic N) is 1. The van der Waals surface area contributed by atoms with Crippen molar-refractivity contribution >= 4 is 11.8 Å². The summed E-state index contributed by atoms with van der Waals surface area (Å²) >= 11 is 0. The molecule has 0 aromatic heterocycles. The molecule has 0 spiro atoms. The van der Waals surface area contributed by atoms with Crippen LogP contribution in [0.25, 0.3) is 0 Å². The number of amides is 2. The molecule has 0 bridgehead atoms. The number of methoxy groups -OCH3 is 1. The Morgan fingerprint density at radius 1 is 1.04 bits per heavy atom. The number of nitrogens with one attached hydrogen (secondary N) is 1.